The first kappa shape index (κ1) is 21.6. The number of carbonyl (C=O) groups is 3. The number of hydrogen-bond donors (Lipinski definition) is 3. The van der Waals surface area contributed by atoms with Gasteiger partial charge >= 0.3 is 0 Å². The topological polar surface area (TPSA) is 110 Å². The molecular weight excluding hydrogens is 405 g/mol. The summed E-state index contributed by atoms with van der Waals surface area (Å²) in [6.07, 6.45) is 1.40. The zero-order valence-corrected chi connectivity index (χ0v) is 16.4. The minimum atomic E-state index is -0.550. The third kappa shape index (κ3) is 6.43. The Hall–Kier alpha value is -4.14. The molecule has 0 fully saturated rings. The van der Waals surface area contributed by atoms with E-state index in [0.29, 0.717) is 11.3 Å². The normalized spacial score (nSPS) is 10.2. The van der Waals surface area contributed by atoms with Gasteiger partial charge in [-0.2, -0.15) is 0 Å². The lowest BCUT2D eigenvalue weighted by molar-refractivity contribution is -0.118. The number of anilines is 1. The number of hydrogen-bond acceptors (Lipinski definition) is 5. The molecule has 3 aromatic rings. The molecular formula is C22H20FN3O5. The third-order valence-electron chi connectivity index (χ3n) is 4.07. The minimum absolute atomic E-state index is 0.00924. The van der Waals surface area contributed by atoms with Crippen LogP contribution in [0.25, 0.3) is 0 Å². The van der Waals surface area contributed by atoms with Crippen molar-refractivity contribution in [2.75, 3.05) is 25.0 Å². The van der Waals surface area contributed by atoms with Crippen molar-refractivity contribution >= 4 is 23.4 Å². The zero-order valence-electron chi connectivity index (χ0n) is 16.4. The van der Waals surface area contributed by atoms with Gasteiger partial charge in [0.05, 0.1) is 6.26 Å². The molecule has 1 aromatic heterocycles. The number of benzene rings is 2. The number of ether oxygens (including phenoxy) is 1. The molecule has 31 heavy (non-hydrogen) atoms. The number of rotatable bonds is 9. The Balaban J connectivity index is 1.39. The second-order valence-electron chi connectivity index (χ2n) is 6.33. The van der Waals surface area contributed by atoms with Gasteiger partial charge in [0, 0.05) is 24.3 Å². The van der Waals surface area contributed by atoms with E-state index in [4.69, 9.17) is 9.15 Å². The summed E-state index contributed by atoms with van der Waals surface area (Å²) in [5.41, 5.74) is 0.849. The standard InChI is InChI=1S/C22H20FN3O5/c23-17-4-1-2-5-18(17)31-14-20(27)26-16-9-7-15(8-10-16)21(28)24-11-12-25-22(29)19-6-3-13-30-19/h1-10,13H,11-12,14H2,(H,24,28)(H,25,29)(H,26,27). The van der Waals surface area contributed by atoms with Gasteiger partial charge in [-0.25, -0.2) is 4.39 Å². The van der Waals surface area contributed by atoms with Gasteiger partial charge in [-0.05, 0) is 48.5 Å². The highest BCUT2D eigenvalue weighted by molar-refractivity contribution is 5.96. The van der Waals surface area contributed by atoms with E-state index >= 15 is 0 Å². The van der Waals surface area contributed by atoms with Crippen LogP contribution in [0.15, 0.2) is 71.3 Å². The van der Waals surface area contributed by atoms with E-state index in [0.717, 1.165) is 0 Å². The van der Waals surface area contributed by atoms with Crippen LogP contribution in [0, 0.1) is 5.82 Å². The zero-order chi connectivity index (χ0) is 22.1. The number of furan rings is 1. The molecule has 0 bridgehead atoms. The Morgan fingerprint density at radius 2 is 1.58 bits per heavy atom. The lowest BCUT2D eigenvalue weighted by Crippen LogP contribution is -2.34. The van der Waals surface area contributed by atoms with Crippen LogP contribution in [0.5, 0.6) is 5.75 Å². The minimum Gasteiger partial charge on any atom is -0.481 e. The molecule has 8 nitrogen and oxygen atoms in total. The van der Waals surface area contributed by atoms with Crippen molar-refractivity contribution in [3.05, 3.63) is 84.1 Å². The third-order valence-corrected chi connectivity index (χ3v) is 4.07. The maximum absolute atomic E-state index is 13.5. The Morgan fingerprint density at radius 1 is 0.871 bits per heavy atom. The second kappa shape index (κ2) is 10.6. The van der Waals surface area contributed by atoms with E-state index in [9.17, 15) is 18.8 Å². The SMILES string of the molecule is O=C(COc1ccccc1F)Nc1ccc(C(=O)NCCNC(=O)c2ccco2)cc1. The number of amides is 3. The predicted molar refractivity (Wildman–Crippen MR) is 110 cm³/mol. The summed E-state index contributed by atoms with van der Waals surface area (Å²) in [6, 6.07) is 15.2. The molecule has 9 heteroatoms. The summed E-state index contributed by atoms with van der Waals surface area (Å²) in [5, 5.41) is 7.90. The van der Waals surface area contributed by atoms with E-state index in [1.807, 2.05) is 0 Å². The Kier molecular flexibility index (Phi) is 7.36. The van der Waals surface area contributed by atoms with E-state index in [1.54, 1.807) is 42.5 Å². The molecule has 160 valence electrons. The number of halogens is 1. The quantitative estimate of drug-likeness (QED) is 0.457. The Morgan fingerprint density at radius 3 is 2.26 bits per heavy atom. The molecule has 0 aliphatic carbocycles. The first-order valence-corrected chi connectivity index (χ1v) is 9.40. The molecule has 3 amide bonds. The first-order valence-electron chi connectivity index (χ1n) is 9.40. The smallest absolute Gasteiger partial charge is 0.287 e. The molecule has 0 aliphatic rings. The van der Waals surface area contributed by atoms with Crippen molar-refractivity contribution in [2.45, 2.75) is 0 Å². The molecule has 3 rings (SSSR count). The monoisotopic (exact) mass is 425 g/mol. The number of para-hydroxylation sites is 1. The van der Waals surface area contributed by atoms with Crippen LogP contribution < -0.4 is 20.7 Å². The Labute approximate surface area is 177 Å². The molecule has 0 unspecified atom stereocenters. The number of carbonyl (C=O) groups excluding carboxylic acids is 3. The largest absolute Gasteiger partial charge is 0.481 e. The average Bonchev–Trinajstić information content (AvgIpc) is 3.31. The summed E-state index contributed by atoms with van der Waals surface area (Å²) < 4.78 is 23.6. The van der Waals surface area contributed by atoms with Gasteiger partial charge < -0.3 is 25.1 Å². The van der Waals surface area contributed by atoms with E-state index in [2.05, 4.69) is 16.0 Å². The van der Waals surface area contributed by atoms with Crippen molar-refractivity contribution in [1.29, 1.82) is 0 Å². The van der Waals surface area contributed by atoms with Crippen molar-refractivity contribution < 1.29 is 27.9 Å². The van der Waals surface area contributed by atoms with Gasteiger partial charge in [0.1, 0.15) is 0 Å². The first-order chi connectivity index (χ1) is 15.0. The summed E-state index contributed by atoms with van der Waals surface area (Å²) in [7, 11) is 0. The van der Waals surface area contributed by atoms with Crippen molar-refractivity contribution in [3.63, 3.8) is 0 Å². The van der Waals surface area contributed by atoms with Gasteiger partial charge in [-0.1, -0.05) is 12.1 Å². The van der Waals surface area contributed by atoms with Crippen molar-refractivity contribution in [2.24, 2.45) is 0 Å². The van der Waals surface area contributed by atoms with Crippen LogP contribution in [0.3, 0.4) is 0 Å². The Bertz CT molecular complexity index is 1040. The fourth-order valence-electron chi connectivity index (χ4n) is 2.56. The molecule has 0 radical (unpaired) electrons. The summed E-state index contributed by atoms with van der Waals surface area (Å²) in [4.78, 5) is 35.8. The maximum Gasteiger partial charge on any atom is 0.287 e. The molecule has 1 heterocycles. The van der Waals surface area contributed by atoms with Gasteiger partial charge in [0.25, 0.3) is 17.7 Å². The highest BCUT2D eigenvalue weighted by Crippen LogP contribution is 2.15. The van der Waals surface area contributed by atoms with Crippen LogP contribution in [0.4, 0.5) is 10.1 Å². The summed E-state index contributed by atoms with van der Waals surface area (Å²) in [6.45, 7) is 0.117. The van der Waals surface area contributed by atoms with E-state index in [-0.39, 0.29) is 43.0 Å². The lowest BCUT2D eigenvalue weighted by atomic mass is 10.2. The fraction of sp³-hybridized carbons (Fsp3) is 0.136. The van der Waals surface area contributed by atoms with Crippen molar-refractivity contribution in [1.82, 2.24) is 10.6 Å². The van der Waals surface area contributed by atoms with Gasteiger partial charge in [0.15, 0.2) is 23.9 Å². The second-order valence-corrected chi connectivity index (χ2v) is 6.33. The van der Waals surface area contributed by atoms with E-state index < -0.39 is 11.7 Å². The molecule has 0 atom stereocenters. The molecule has 0 spiro atoms. The summed E-state index contributed by atoms with van der Waals surface area (Å²) >= 11 is 0. The van der Waals surface area contributed by atoms with Crippen LogP contribution in [-0.2, 0) is 4.79 Å². The average molecular weight is 425 g/mol. The lowest BCUT2D eigenvalue weighted by Gasteiger charge is -2.09. The van der Waals surface area contributed by atoms with Gasteiger partial charge in [-0.15, -0.1) is 0 Å². The molecule has 3 N–H and O–H groups in total. The highest BCUT2D eigenvalue weighted by atomic mass is 19.1. The molecule has 0 saturated carbocycles. The summed E-state index contributed by atoms with van der Waals surface area (Å²) in [5.74, 6) is -1.52. The van der Waals surface area contributed by atoms with Crippen LogP contribution >= 0.6 is 0 Å². The van der Waals surface area contributed by atoms with Gasteiger partial charge in [-0.3, -0.25) is 14.4 Å². The maximum atomic E-state index is 13.5. The molecule has 2 aromatic carbocycles. The van der Waals surface area contributed by atoms with Crippen LogP contribution in [0.2, 0.25) is 0 Å². The number of nitrogens with one attached hydrogen (secondary N) is 3. The van der Waals surface area contributed by atoms with Gasteiger partial charge in [0.2, 0.25) is 0 Å². The van der Waals surface area contributed by atoms with Crippen LogP contribution in [-0.4, -0.2) is 37.4 Å². The fourth-order valence-corrected chi connectivity index (χ4v) is 2.56. The molecule has 0 saturated heterocycles. The predicted octanol–water partition coefficient (Wildman–Crippen LogP) is 2.60. The van der Waals surface area contributed by atoms with Crippen molar-refractivity contribution in [3.8, 4) is 5.75 Å². The van der Waals surface area contributed by atoms with E-state index in [1.165, 1.54) is 24.5 Å². The molecule has 0 aliphatic heterocycles. The van der Waals surface area contributed by atoms with Crippen LogP contribution in [0.1, 0.15) is 20.9 Å². The highest BCUT2D eigenvalue weighted by Gasteiger charge is 2.10.